The highest BCUT2D eigenvalue weighted by molar-refractivity contribution is 6.24. The Morgan fingerprint density at radius 3 is 2.97 bits per heavy atom. The molecule has 0 radical (unpaired) electrons. The summed E-state index contributed by atoms with van der Waals surface area (Å²) in [7, 11) is 1.35. The number of methoxy groups -OCH3 is 1. The van der Waals surface area contributed by atoms with Gasteiger partial charge in [0, 0.05) is 29.5 Å². The van der Waals surface area contributed by atoms with Crippen molar-refractivity contribution in [3.05, 3.63) is 59.2 Å². The highest BCUT2D eigenvalue weighted by atomic mass is 35.5. The number of aromatic amines is 1. The number of hydrogen-bond acceptors (Lipinski definition) is 5. The van der Waals surface area contributed by atoms with Gasteiger partial charge in [-0.25, -0.2) is 9.37 Å². The standard InChI is InChI=1S/C23H24ClFN4O3/c1-4-17(30)28-20-13(2)19(25)22(31-3)27-16(20)11-14-7-8-15-12-26-29-21(15)18(14)23(24)9-5-6-10-32-23/h4,7-8,12H,1,5-6,9-11H2,2-3H3,(H,26,29)(H,28,30). The Labute approximate surface area is 190 Å². The molecule has 7 nitrogen and oxygen atoms in total. The number of pyridine rings is 1. The van der Waals surface area contributed by atoms with Crippen LogP contribution in [0.4, 0.5) is 10.1 Å². The lowest BCUT2D eigenvalue weighted by Crippen LogP contribution is -2.29. The number of aromatic nitrogens is 3. The molecule has 3 heterocycles. The van der Waals surface area contributed by atoms with E-state index in [-0.39, 0.29) is 23.6 Å². The second kappa shape index (κ2) is 8.88. The van der Waals surface area contributed by atoms with Gasteiger partial charge in [-0.3, -0.25) is 9.89 Å². The zero-order valence-electron chi connectivity index (χ0n) is 17.9. The zero-order valence-corrected chi connectivity index (χ0v) is 18.7. The maximum atomic E-state index is 14.7. The van der Waals surface area contributed by atoms with E-state index in [0.717, 1.165) is 40.9 Å². The number of alkyl halides is 1. The molecule has 32 heavy (non-hydrogen) atoms. The maximum Gasteiger partial charge on any atom is 0.250 e. The first-order valence-corrected chi connectivity index (χ1v) is 10.7. The van der Waals surface area contributed by atoms with Gasteiger partial charge in [0.25, 0.3) is 5.88 Å². The first-order valence-electron chi connectivity index (χ1n) is 10.3. The number of halogens is 2. The van der Waals surface area contributed by atoms with Crippen LogP contribution >= 0.6 is 11.6 Å². The maximum absolute atomic E-state index is 14.7. The van der Waals surface area contributed by atoms with Crippen molar-refractivity contribution in [1.82, 2.24) is 15.2 Å². The van der Waals surface area contributed by atoms with Gasteiger partial charge in [-0.1, -0.05) is 30.3 Å². The van der Waals surface area contributed by atoms with Crippen LogP contribution < -0.4 is 10.1 Å². The number of nitrogens with zero attached hydrogens (tertiary/aromatic N) is 2. The fraction of sp³-hybridized carbons (Fsp3) is 0.348. The molecule has 1 saturated heterocycles. The Morgan fingerprint density at radius 2 is 2.28 bits per heavy atom. The third kappa shape index (κ3) is 3.96. The van der Waals surface area contributed by atoms with Crippen molar-refractivity contribution in [2.75, 3.05) is 19.0 Å². The van der Waals surface area contributed by atoms with Gasteiger partial charge < -0.3 is 14.8 Å². The van der Waals surface area contributed by atoms with Crippen LogP contribution in [0.5, 0.6) is 5.88 Å². The fourth-order valence-electron chi connectivity index (χ4n) is 4.09. The monoisotopic (exact) mass is 458 g/mol. The van der Waals surface area contributed by atoms with Gasteiger partial charge in [0.15, 0.2) is 10.9 Å². The van der Waals surface area contributed by atoms with Gasteiger partial charge in [0.05, 0.1) is 30.2 Å². The minimum absolute atomic E-state index is 0.146. The Morgan fingerprint density at radius 1 is 1.47 bits per heavy atom. The number of hydrogen-bond donors (Lipinski definition) is 2. The smallest absolute Gasteiger partial charge is 0.250 e. The van der Waals surface area contributed by atoms with Crippen molar-refractivity contribution in [2.45, 2.75) is 37.7 Å². The van der Waals surface area contributed by atoms with Crippen molar-refractivity contribution in [3.63, 3.8) is 0 Å². The lowest BCUT2D eigenvalue weighted by Gasteiger charge is -2.33. The summed E-state index contributed by atoms with van der Waals surface area (Å²) in [6.45, 7) is 5.59. The number of ether oxygens (including phenoxy) is 2. The number of H-pyrrole nitrogens is 1. The van der Waals surface area contributed by atoms with E-state index in [1.807, 2.05) is 12.1 Å². The SMILES string of the molecule is C=CC(=O)Nc1c(Cc2ccc3cn[nH]c3c2C2(Cl)CCCCO2)nc(OC)c(F)c1C. The lowest BCUT2D eigenvalue weighted by molar-refractivity contribution is -0.111. The molecule has 1 amide bonds. The summed E-state index contributed by atoms with van der Waals surface area (Å²) in [5.41, 5.74) is 3.32. The number of carbonyl (C=O) groups excluding carboxylic acids is 1. The average Bonchev–Trinajstić information content (AvgIpc) is 3.27. The molecule has 0 bridgehead atoms. The molecule has 2 aromatic heterocycles. The van der Waals surface area contributed by atoms with Gasteiger partial charge in [-0.2, -0.15) is 5.10 Å². The van der Waals surface area contributed by atoms with E-state index >= 15 is 0 Å². The molecule has 4 rings (SSSR count). The van der Waals surface area contributed by atoms with E-state index in [4.69, 9.17) is 21.1 Å². The third-order valence-electron chi connectivity index (χ3n) is 5.70. The second-order valence-corrected chi connectivity index (χ2v) is 8.33. The van der Waals surface area contributed by atoms with Crippen LogP contribution in [0.15, 0.2) is 31.0 Å². The first-order chi connectivity index (χ1) is 15.4. The van der Waals surface area contributed by atoms with E-state index in [9.17, 15) is 9.18 Å². The molecule has 1 aromatic carbocycles. The quantitative estimate of drug-likeness (QED) is 0.412. The normalized spacial score (nSPS) is 18.5. The number of nitrogens with one attached hydrogen (secondary N) is 2. The minimum Gasteiger partial charge on any atom is -0.479 e. The number of carbonyl (C=O) groups is 1. The second-order valence-electron chi connectivity index (χ2n) is 7.72. The molecular formula is C23H24ClFN4O3. The van der Waals surface area contributed by atoms with E-state index in [0.29, 0.717) is 18.7 Å². The number of benzene rings is 1. The Bertz CT molecular complexity index is 1190. The van der Waals surface area contributed by atoms with Crippen LogP contribution in [0, 0.1) is 12.7 Å². The van der Waals surface area contributed by atoms with Gasteiger partial charge in [0.2, 0.25) is 5.91 Å². The van der Waals surface area contributed by atoms with Gasteiger partial charge in [0.1, 0.15) is 0 Å². The molecule has 0 aliphatic carbocycles. The topological polar surface area (TPSA) is 89.1 Å². The van der Waals surface area contributed by atoms with E-state index in [1.54, 1.807) is 13.1 Å². The molecule has 1 unspecified atom stereocenters. The van der Waals surface area contributed by atoms with Crippen LogP contribution in [0.2, 0.25) is 0 Å². The minimum atomic E-state index is -1.02. The number of fused-ring (bicyclic) bond motifs is 1. The predicted molar refractivity (Wildman–Crippen MR) is 121 cm³/mol. The molecule has 2 N–H and O–H groups in total. The van der Waals surface area contributed by atoms with Crippen LogP contribution in [-0.2, 0) is 21.0 Å². The summed E-state index contributed by atoms with van der Waals surface area (Å²) in [6, 6.07) is 3.86. The van der Waals surface area contributed by atoms with E-state index in [2.05, 4.69) is 27.1 Å². The summed E-state index contributed by atoms with van der Waals surface area (Å²) in [5, 5.41) is 9.76. The highest BCUT2D eigenvalue weighted by Crippen LogP contribution is 2.44. The zero-order chi connectivity index (χ0) is 22.9. The van der Waals surface area contributed by atoms with Crippen molar-refractivity contribution in [3.8, 4) is 5.88 Å². The molecule has 1 aliphatic rings. The predicted octanol–water partition coefficient (Wildman–Crippen LogP) is 4.72. The summed E-state index contributed by atoms with van der Waals surface area (Å²) in [6.07, 6.45) is 5.61. The molecule has 0 spiro atoms. The van der Waals surface area contributed by atoms with Crippen molar-refractivity contribution in [2.24, 2.45) is 0 Å². The summed E-state index contributed by atoms with van der Waals surface area (Å²) < 4.78 is 25.9. The van der Waals surface area contributed by atoms with Crippen LogP contribution in [-0.4, -0.2) is 34.8 Å². The largest absolute Gasteiger partial charge is 0.479 e. The average molecular weight is 459 g/mol. The fourth-order valence-corrected chi connectivity index (χ4v) is 4.51. The summed E-state index contributed by atoms with van der Waals surface area (Å²) in [4.78, 5) is 16.4. The molecular weight excluding hydrogens is 435 g/mol. The van der Waals surface area contributed by atoms with Crippen LogP contribution in [0.3, 0.4) is 0 Å². The number of anilines is 1. The first kappa shape index (κ1) is 22.2. The molecule has 1 aliphatic heterocycles. The summed E-state index contributed by atoms with van der Waals surface area (Å²) in [5.74, 6) is -1.24. The number of amides is 1. The molecule has 0 saturated carbocycles. The highest BCUT2D eigenvalue weighted by Gasteiger charge is 2.37. The summed E-state index contributed by atoms with van der Waals surface area (Å²) >= 11 is 7.01. The van der Waals surface area contributed by atoms with Crippen molar-refractivity contribution >= 4 is 34.1 Å². The Balaban J connectivity index is 1.88. The molecule has 1 fully saturated rings. The lowest BCUT2D eigenvalue weighted by atomic mass is 9.91. The van der Waals surface area contributed by atoms with Gasteiger partial charge >= 0.3 is 0 Å². The van der Waals surface area contributed by atoms with Crippen molar-refractivity contribution < 1.29 is 18.7 Å². The molecule has 3 aromatic rings. The van der Waals surface area contributed by atoms with Gasteiger partial charge in [-0.05, 0) is 37.8 Å². The molecule has 1 atom stereocenters. The Kier molecular flexibility index (Phi) is 6.17. The van der Waals surface area contributed by atoms with E-state index in [1.165, 1.54) is 7.11 Å². The van der Waals surface area contributed by atoms with Crippen LogP contribution in [0.25, 0.3) is 10.9 Å². The Hall–Kier alpha value is -2.97. The van der Waals surface area contributed by atoms with Crippen molar-refractivity contribution in [1.29, 1.82) is 0 Å². The molecule has 168 valence electrons. The molecule has 9 heteroatoms. The number of rotatable bonds is 6. The van der Waals surface area contributed by atoms with Gasteiger partial charge in [-0.15, -0.1) is 0 Å². The third-order valence-corrected chi connectivity index (χ3v) is 6.19. The van der Waals surface area contributed by atoms with E-state index < -0.39 is 16.8 Å². The van der Waals surface area contributed by atoms with Crippen LogP contribution in [0.1, 0.15) is 41.6 Å².